The Morgan fingerprint density at radius 1 is 1.05 bits per heavy atom. The van der Waals surface area contributed by atoms with E-state index in [-0.39, 0.29) is 0 Å². The van der Waals surface area contributed by atoms with Crippen LogP contribution in [0.2, 0.25) is 0 Å². The molecule has 0 aliphatic carbocycles. The molecule has 1 aliphatic rings. The van der Waals surface area contributed by atoms with Crippen LogP contribution >= 0.6 is 0 Å². The molecule has 0 unspecified atom stereocenters. The van der Waals surface area contributed by atoms with Crippen molar-refractivity contribution in [2.75, 3.05) is 6.54 Å². The van der Waals surface area contributed by atoms with Crippen LogP contribution in [-0.4, -0.2) is 17.4 Å². The Morgan fingerprint density at radius 3 is 2.45 bits per heavy atom. The van der Waals surface area contributed by atoms with E-state index in [0.29, 0.717) is 13.0 Å². The van der Waals surface area contributed by atoms with E-state index >= 15 is 0 Å². The van der Waals surface area contributed by atoms with Crippen LogP contribution in [0.25, 0.3) is 11.1 Å². The minimum absolute atomic E-state index is 0.500. The summed E-state index contributed by atoms with van der Waals surface area (Å²) in [5.41, 5.74) is 4.77. The molecule has 0 amide bonds. The van der Waals surface area contributed by atoms with E-state index in [1.807, 2.05) is 17.1 Å². The number of hydrazone groups is 1. The molecular weight excluding hydrogens is 246 g/mol. The molecule has 20 heavy (non-hydrogen) atoms. The molecule has 2 aromatic carbocycles. The second kappa shape index (κ2) is 5.18. The Morgan fingerprint density at radius 2 is 1.75 bits per heavy atom. The Kier molecular flexibility index (Phi) is 3.22. The highest BCUT2D eigenvalue weighted by molar-refractivity contribution is 6.10. The van der Waals surface area contributed by atoms with Gasteiger partial charge in [-0.25, -0.2) is 5.01 Å². The first kappa shape index (κ1) is 12.4. The van der Waals surface area contributed by atoms with Crippen LogP contribution in [0.1, 0.15) is 17.5 Å². The lowest BCUT2D eigenvalue weighted by Crippen LogP contribution is -2.08. The second-order valence-corrected chi connectivity index (χ2v) is 4.87. The van der Waals surface area contributed by atoms with Gasteiger partial charge in [0, 0.05) is 5.56 Å². The maximum absolute atomic E-state index is 8.63. The van der Waals surface area contributed by atoms with Crippen molar-refractivity contribution in [2.45, 2.75) is 13.3 Å². The molecule has 1 aliphatic heterocycles. The summed E-state index contributed by atoms with van der Waals surface area (Å²) in [5, 5.41) is 14.9. The fourth-order valence-electron chi connectivity index (χ4n) is 2.26. The number of amidine groups is 1. The van der Waals surface area contributed by atoms with Crippen LogP contribution in [0.15, 0.2) is 53.6 Å². The first-order valence-electron chi connectivity index (χ1n) is 6.69. The zero-order valence-electron chi connectivity index (χ0n) is 11.4. The molecule has 0 N–H and O–H groups in total. The molecule has 0 aromatic heterocycles. The first-order valence-corrected chi connectivity index (χ1v) is 6.69. The van der Waals surface area contributed by atoms with Crippen LogP contribution in [0, 0.1) is 18.3 Å². The lowest BCUT2D eigenvalue weighted by atomic mass is 9.98. The van der Waals surface area contributed by atoms with Crippen molar-refractivity contribution in [3.8, 4) is 17.2 Å². The third-order valence-electron chi connectivity index (χ3n) is 3.39. The summed E-state index contributed by atoms with van der Waals surface area (Å²) >= 11 is 0. The molecule has 0 radical (unpaired) electrons. The van der Waals surface area contributed by atoms with Crippen LogP contribution in [-0.2, 0) is 0 Å². The van der Waals surface area contributed by atoms with Gasteiger partial charge in [-0.15, -0.1) is 0 Å². The molecule has 98 valence electrons. The zero-order valence-corrected chi connectivity index (χ0v) is 11.4. The largest absolute Gasteiger partial charge is 0.243 e. The van der Waals surface area contributed by atoms with Gasteiger partial charge in [0.15, 0.2) is 5.84 Å². The summed E-state index contributed by atoms with van der Waals surface area (Å²) in [6.45, 7) is 2.76. The third-order valence-corrected chi connectivity index (χ3v) is 3.39. The van der Waals surface area contributed by atoms with Crippen LogP contribution in [0.3, 0.4) is 0 Å². The second-order valence-electron chi connectivity index (χ2n) is 4.87. The molecule has 0 fully saturated rings. The van der Waals surface area contributed by atoms with E-state index in [1.54, 1.807) is 0 Å². The van der Waals surface area contributed by atoms with Gasteiger partial charge < -0.3 is 0 Å². The number of aryl methyl sites for hydroxylation is 1. The fourth-order valence-corrected chi connectivity index (χ4v) is 2.26. The molecule has 0 saturated heterocycles. The van der Waals surface area contributed by atoms with Gasteiger partial charge in [-0.05, 0) is 18.1 Å². The van der Waals surface area contributed by atoms with Gasteiger partial charge in [0.2, 0.25) is 0 Å². The zero-order chi connectivity index (χ0) is 13.9. The first-order chi connectivity index (χ1) is 9.79. The topological polar surface area (TPSA) is 39.2 Å². The number of nitrogens with zero attached hydrogens (tertiary/aromatic N) is 3. The predicted molar refractivity (Wildman–Crippen MR) is 80.1 cm³/mol. The van der Waals surface area contributed by atoms with Gasteiger partial charge in [0.25, 0.3) is 0 Å². The smallest absolute Gasteiger partial charge is 0.177 e. The van der Waals surface area contributed by atoms with Crippen molar-refractivity contribution in [2.24, 2.45) is 5.10 Å². The van der Waals surface area contributed by atoms with E-state index in [0.717, 1.165) is 11.4 Å². The van der Waals surface area contributed by atoms with E-state index in [9.17, 15) is 0 Å². The van der Waals surface area contributed by atoms with Crippen molar-refractivity contribution in [1.29, 1.82) is 5.26 Å². The molecule has 1 heterocycles. The lowest BCUT2D eigenvalue weighted by molar-refractivity contribution is 0.564. The number of hydrogen-bond acceptors (Lipinski definition) is 3. The van der Waals surface area contributed by atoms with Crippen LogP contribution in [0.5, 0.6) is 0 Å². The van der Waals surface area contributed by atoms with Gasteiger partial charge in [-0.1, -0.05) is 54.1 Å². The monoisotopic (exact) mass is 261 g/mol. The molecule has 0 atom stereocenters. The fraction of sp³-hybridized carbons (Fsp3) is 0.176. The lowest BCUT2D eigenvalue weighted by Gasteiger charge is -2.07. The van der Waals surface area contributed by atoms with Gasteiger partial charge in [0.05, 0.1) is 19.0 Å². The highest BCUT2D eigenvalue weighted by atomic mass is 15.6. The summed E-state index contributed by atoms with van der Waals surface area (Å²) in [7, 11) is 0. The van der Waals surface area contributed by atoms with E-state index in [2.05, 4.69) is 54.5 Å². The Bertz CT molecular complexity index is 693. The van der Waals surface area contributed by atoms with E-state index in [1.165, 1.54) is 16.7 Å². The van der Waals surface area contributed by atoms with Gasteiger partial charge in [-0.2, -0.15) is 10.4 Å². The molecule has 0 spiro atoms. The summed E-state index contributed by atoms with van der Waals surface area (Å²) in [6, 6.07) is 18.9. The van der Waals surface area contributed by atoms with E-state index < -0.39 is 0 Å². The van der Waals surface area contributed by atoms with Crippen molar-refractivity contribution < 1.29 is 0 Å². The Hall–Kier alpha value is -2.60. The SMILES string of the molecule is Cc1ccc(-c2ccccc2C2=NN2CCC#N)cc1. The minimum atomic E-state index is 0.500. The third kappa shape index (κ3) is 2.41. The van der Waals surface area contributed by atoms with Gasteiger partial charge in [-0.3, -0.25) is 0 Å². The van der Waals surface area contributed by atoms with Crippen molar-refractivity contribution >= 4 is 5.84 Å². The number of nitriles is 1. The number of hydrogen-bond donors (Lipinski definition) is 0. The Balaban J connectivity index is 1.89. The maximum Gasteiger partial charge on any atom is 0.177 e. The molecule has 0 saturated carbocycles. The van der Waals surface area contributed by atoms with Crippen molar-refractivity contribution in [3.63, 3.8) is 0 Å². The summed E-state index contributed by atoms with van der Waals surface area (Å²) in [6.07, 6.45) is 0.500. The molecular formula is C17H15N3. The number of benzene rings is 2. The number of rotatable bonds is 4. The Labute approximate surface area is 118 Å². The molecule has 3 rings (SSSR count). The van der Waals surface area contributed by atoms with Gasteiger partial charge in [0.1, 0.15) is 0 Å². The van der Waals surface area contributed by atoms with Crippen molar-refractivity contribution in [3.05, 3.63) is 59.7 Å². The molecule has 3 heteroatoms. The highest BCUT2D eigenvalue weighted by Gasteiger charge is 2.27. The normalized spacial score (nSPS) is 12.8. The van der Waals surface area contributed by atoms with Crippen molar-refractivity contribution in [1.82, 2.24) is 5.01 Å². The molecule has 2 aromatic rings. The average molecular weight is 261 g/mol. The highest BCUT2D eigenvalue weighted by Crippen LogP contribution is 2.29. The predicted octanol–water partition coefficient (Wildman–Crippen LogP) is 3.55. The molecule has 3 nitrogen and oxygen atoms in total. The average Bonchev–Trinajstić information content (AvgIpc) is 3.25. The van der Waals surface area contributed by atoms with Crippen LogP contribution in [0.4, 0.5) is 0 Å². The quantitative estimate of drug-likeness (QED) is 0.844. The van der Waals surface area contributed by atoms with E-state index in [4.69, 9.17) is 5.26 Å². The maximum atomic E-state index is 8.63. The van der Waals surface area contributed by atoms with Gasteiger partial charge >= 0.3 is 0 Å². The summed E-state index contributed by atoms with van der Waals surface area (Å²) in [4.78, 5) is 0. The minimum Gasteiger partial charge on any atom is -0.243 e. The summed E-state index contributed by atoms with van der Waals surface area (Å²) < 4.78 is 0. The summed E-state index contributed by atoms with van der Waals surface area (Å²) in [5.74, 6) is 0.983. The molecule has 0 bridgehead atoms. The standard InChI is InChI=1S/C17H15N3/c1-13-7-9-14(10-8-13)15-5-2-3-6-16(15)17-19-20(17)12-4-11-18/h2-3,5-10H,4,12H2,1H3. The van der Waals surface area contributed by atoms with Crippen LogP contribution < -0.4 is 0 Å².